The Morgan fingerprint density at radius 3 is 2.61 bits per heavy atom. The van der Waals surface area contributed by atoms with E-state index in [4.69, 9.17) is 21.3 Å². The molecule has 0 spiro atoms. The summed E-state index contributed by atoms with van der Waals surface area (Å²) >= 11 is 6.36. The number of rotatable bonds is 6. The number of amides is 1. The summed E-state index contributed by atoms with van der Waals surface area (Å²) in [5, 5.41) is 0.682. The highest BCUT2D eigenvalue weighted by Crippen LogP contribution is 2.42. The molecule has 218 valence electrons. The third-order valence-corrected chi connectivity index (χ3v) is 7.95. The molecule has 1 aromatic rings. The first kappa shape index (κ1) is 30.8. The molecular formula is C35H43ClN2O3. The van der Waals surface area contributed by atoms with Crippen LogP contribution in [-0.2, 0) is 9.53 Å². The van der Waals surface area contributed by atoms with Crippen molar-refractivity contribution in [1.82, 2.24) is 4.90 Å². The van der Waals surface area contributed by atoms with Gasteiger partial charge in [0.2, 0.25) is 0 Å². The van der Waals surface area contributed by atoms with Gasteiger partial charge in [-0.2, -0.15) is 0 Å². The molecule has 0 unspecified atom stereocenters. The summed E-state index contributed by atoms with van der Waals surface area (Å²) in [4.78, 5) is 31.2. The van der Waals surface area contributed by atoms with E-state index in [0.29, 0.717) is 24.0 Å². The smallest absolute Gasteiger partial charge is 0.410 e. The minimum absolute atomic E-state index is 0.153. The Morgan fingerprint density at radius 2 is 1.98 bits per heavy atom. The minimum atomic E-state index is -0.519. The average molecular weight is 575 g/mol. The van der Waals surface area contributed by atoms with Crippen LogP contribution in [0.3, 0.4) is 0 Å². The van der Waals surface area contributed by atoms with Gasteiger partial charge in [0.25, 0.3) is 0 Å². The predicted molar refractivity (Wildman–Crippen MR) is 169 cm³/mol. The lowest BCUT2D eigenvalue weighted by Crippen LogP contribution is -2.40. The van der Waals surface area contributed by atoms with Gasteiger partial charge < -0.3 is 9.64 Å². The third-order valence-electron chi connectivity index (χ3n) is 7.71. The van der Waals surface area contributed by atoms with Crippen LogP contribution >= 0.6 is 11.6 Å². The van der Waals surface area contributed by atoms with Gasteiger partial charge in [-0.25, -0.2) is 4.79 Å². The molecule has 4 rings (SSSR count). The Kier molecular flexibility index (Phi) is 9.91. The van der Waals surface area contributed by atoms with E-state index in [0.717, 1.165) is 59.1 Å². The molecule has 1 fully saturated rings. The number of ether oxygens (including phenoxy) is 1. The van der Waals surface area contributed by atoms with Gasteiger partial charge in [-0.05, 0) is 135 Å². The van der Waals surface area contributed by atoms with Crippen molar-refractivity contribution in [2.75, 3.05) is 20.1 Å². The van der Waals surface area contributed by atoms with Crippen LogP contribution < -0.4 is 0 Å². The zero-order valence-corrected chi connectivity index (χ0v) is 26.1. The van der Waals surface area contributed by atoms with Gasteiger partial charge in [-0.3, -0.25) is 9.79 Å². The maximum Gasteiger partial charge on any atom is 0.410 e. The van der Waals surface area contributed by atoms with Crippen LogP contribution in [0.25, 0.3) is 5.57 Å². The summed E-state index contributed by atoms with van der Waals surface area (Å²) in [7, 11) is 1.83. The SMILES string of the molecule is C/N=C1/C=C(c2cccc(Cl)c2)C=C(/C(=C\C=O)CC2CC2)/C1=C(C)\C1=C/[C@@H](C)CN(C(=O)OC(C)(C)C)CCC1. The van der Waals surface area contributed by atoms with Crippen molar-refractivity contribution in [2.45, 2.75) is 72.3 Å². The number of hydrogen-bond acceptors (Lipinski definition) is 4. The van der Waals surface area contributed by atoms with Crippen molar-refractivity contribution in [1.29, 1.82) is 0 Å². The average Bonchev–Trinajstić information content (AvgIpc) is 3.72. The van der Waals surface area contributed by atoms with Gasteiger partial charge in [-0.15, -0.1) is 0 Å². The number of benzene rings is 1. The van der Waals surface area contributed by atoms with Gasteiger partial charge in [0.15, 0.2) is 0 Å². The fraction of sp³-hybridized carbons (Fsp3) is 0.457. The summed E-state index contributed by atoms with van der Waals surface area (Å²) in [6, 6.07) is 7.86. The number of nitrogens with zero attached hydrogens (tertiary/aromatic N) is 2. The van der Waals surface area contributed by atoms with Crippen LogP contribution in [-0.4, -0.2) is 48.7 Å². The molecule has 6 heteroatoms. The molecule has 1 saturated carbocycles. The zero-order valence-electron chi connectivity index (χ0n) is 25.3. The molecule has 1 aliphatic heterocycles. The maximum atomic E-state index is 12.8. The van der Waals surface area contributed by atoms with E-state index in [1.807, 2.05) is 50.9 Å². The van der Waals surface area contributed by atoms with Gasteiger partial charge in [-0.1, -0.05) is 36.7 Å². The molecule has 3 aliphatic rings. The monoisotopic (exact) mass is 574 g/mol. The number of carbonyl (C=O) groups is 2. The molecule has 0 radical (unpaired) electrons. The highest BCUT2D eigenvalue weighted by molar-refractivity contribution is 6.30. The lowest BCUT2D eigenvalue weighted by molar-refractivity contribution is -0.104. The van der Waals surface area contributed by atoms with Crippen molar-refractivity contribution < 1.29 is 14.3 Å². The maximum absolute atomic E-state index is 12.8. The molecule has 1 atom stereocenters. The van der Waals surface area contributed by atoms with Gasteiger partial charge in [0.05, 0.1) is 5.71 Å². The van der Waals surface area contributed by atoms with Gasteiger partial charge in [0.1, 0.15) is 11.9 Å². The Bertz CT molecular complexity index is 1370. The van der Waals surface area contributed by atoms with E-state index < -0.39 is 5.60 Å². The second-order valence-corrected chi connectivity index (χ2v) is 12.9. The first-order valence-electron chi connectivity index (χ1n) is 14.7. The molecular weight excluding hydrogens is 532 g/mol. The lowest BCUT2D eigenvalue weighted by atomic mass is 9.79. The number of carbonyl (C=O) groups excluding carboxylic acids is 2. The number of aldehydes is 1. The van der Waals surface area contributed by atoms with Crippen LogP contribution in [0.4, 0.5) is 4.79 Å². The normalized spacial score (nSPS) is 24.0. The fourth-order valence-corrected chi connectivity index (χ4v) is 5.80. The van der Waals surface area contributed by atoms with Crippen molar-refractivity contribution in [3.8, 4) is 0 Å². The van der Waals surface area contributed by atoms with Crippen molar-refractivity contribution in [3.63, 3.8) is 0 Å². The molecule has 1 heterocycles. The second kappa shape index (κ2) is 13.2. The first-order valence-corrected chi connectivity index (χ1v) is 15.1. The molecule has 0 saturated heterocycles. The molecule has 1 aromatic carbocycles. The summed E-state index contributed by atoms with van der Waals surface area (Å²) < 4.78 is 5.66. The number of aliphatic imine (C=N–C) groups is 1. The quantitative estimate of drug-likeness (QED) is 0.252. The van der Waals surface area contributed by atoms with Gasteiger partial charge >= 0.3 is 6.09 Å². The first-order chi connectivity index (χ1) is 19.5. The van der Waals surface area contributed by atoms with E-state index >= 15 is 0 Å². The number of allylic oxidation sites excluding steroid dienone is 9. The molecule has 2 aliphatic carbocycles. The number of halogens is 1. The summed E-state index contributed by atoms with van der Waals surface area (Å²) in [6.45, 7) is 11.3. The summed E-state index contributed by atoms with van der Waals surface area (Å²) in [5.41, 5.74) is 8.05. The van der Waals surface area contributed by atoms with Gasteiger partial charge in [0, 0.05) is 30.7 Å². The summed E-state index contributed by atoms with van der Waals surface area (Å²) in [5.74, 6) is 0.770. The second-order valence-electron chi connectivity index (χ2n) is 12.5. The third kappa shape index (κ3) is 8.19. The van der Waals surface area contributed by atoms with E-state index in [1.165, 1.54) is 24.0 Å². The van der Waals surface area contributed by atoms with Crippen LogP contribution in [0, 0.1) is 11.8 Å². The van der Waals surface area contributed by atoms with E-state index in [2.05, 4.69) is 38.1 Å². The molecule has 0 bridgehead atoms. The van der Waals surface area contributed by atoms with E-state index in [9.17, 15) is 9.59 Å². The van der Waals surface area contributed by atoms with Crippen LogP contribution in [0.15, 0.2) is 81.4 Å². The Balaban J connectivity index is 1.76. The minimum Gasteiger partial charge on any atom is -0.444 e. The topological polar surface area (TPSA) is 59.0 Å². The molecule has 1 amide bonds. The standard InChI is InChI=1S/C35H43ClN2O3/c1-23-17-26(10-8-15-38(22-23)34(40)41-35(3,4)5)24(2)33-31(28(14-16-39)18-25-12-13-25)20-29(21-32(33)37-6)27-9-7-11-30(36)19-27/h7,9,11,14,16-17,19-21,23,25H,8,10,12-13,15,18,22H2,1-6H3/b26-17-,28-14-,33-24+,37-32-/t23-/m1/s1. The highest BCUT2D eigenvalue weighted by atomic mass is 35.5. The van der Waals surface area contributed by atoms with E-state index in [1.54, 1.807) is 6.08 Å². The van der Waals surface area contributed by atoms with E-state index in [-0.39, 0.29) is 12.0 Å². The Hall–Kier alpha value is -3.18. The zero-order chi connectivity index (χ0) is 29.7. The predicted octanol–water partition coefficient (Wildman–Crippen LogP) is 8.57. The van der Waals surface area contributed by atoms with Crippen LogP contribution in [0.5, 0.6) is 0 Å². The number of hydrogen-bond donors (Lipinski definition) is 0. The molecule has 0 aromatic heterocycles. The molecule has 5 nitrogen and oxygen atoms in total. The van der Waals surface area contributed by atoms with Crippen LogP contribution in [0.2, 0.25) is 5.02 Å². The Labute approximate surface area is 250 Å². The largest absolute Gasteiger partial charge is 0.444 e. The van der Waals surface area contributed by atoms with Crippen molar-refractivity contribution in [2.24, 2.45) is 16.8 Å². The molecule has 41 heavy (non-hydrogen) atoms. The Morgan fingerprint density at radius 1 is 1.22 bits per heavy atom. The van der Waals surface area contributed by atoms with Crippen LogP contribution in [0.1, 0.15) is 72.3 Å². The molecule has 0 N–H and O–H groups in total. The fourth-order valence-electron chi connectivity index (χ4n) is 5.61. The highest BCUT2D eigenvalue weighted by Gasteiger charge is 2.30. The summed E-state index contributed by atoms with van der Waals surface area (Å²) in [6.07, 6.45) is 14.0. The lowest BCUT2D eigenvalue weighted by Gasteiger charge is -2.31. The van der Waals surface area contributed by atoms with Crippen molar-refractivity contribution >= 4 is 35.3 Å². The van der Waals surface area contributed by atoms with Crippen molar-refractivity contribution in [3.05, 3.63) is 87.0 Å².